The average Bonchev–Trinajstić information content (AvgIpc) is 2.93. The molecule has 0 atom stereocenters. The molecule has 0 aliphatic carbocycles. The molecule has 3 rings (SSSR count). The van der Waals surface area contributed by atoms with Crippen molar-refractivity contribution in [3.63, 3.8) is 0 Å². The van der Waals surface area contributed by atoms with Gasteiger partial charge in [-0.05, 0) is 24.3 Å². The lowest BCUT2D eigenvalue weighted by Gasteiger charge is -2.10. The molecule has 0 radical (unpaired) electrons. The highest BCUT2D eigenvalue weighted by molar-refractivity contribution is 6.35. The van der Waals surface area contributed by atoms with Gasteiger partial charge in [-0.25, -0.2) is 0 Å². The fourth-order valence-electron chi connectivity index (χ4n) is 2.42. The predicted octanol–water partition coefficient (Wildman–Crippen LogP) is 2.55. The van der Waals surface area contributed by atoms with E-state index in [0.717, 1.165) is 17.0 Å². The molecule has 116 valence electrons. The summed E-state index contributed by atoms with van der Waals surface area (Å²) in [7, 11) is 3.37. The van der Waals surface area contributed by atoms with Gasteiger partial charge in [0.05, 0.1) is 18.4 Å². The van der Waals surface area contributed by atoms with E-state index in [2.05, 4.69) is 10.4 Å². The zero-order chi connectivity index (χ0) is 16.2. The van der Waals surface area contributed by atoms with Crippen molar-refractivity contribution in [3.8, 4) is 5.75 Å². The summed E-state index contributed by atoms with van der Waals surface area (Å²) in [6.07, 6.45) is 1.67. The molecule has 2 aromatic carbocycles. The van der Waals surface area contributed by atoms with Gasteiger partial charge in [0.25, 0.3) is 5.91 Å². The van der Waals surface area contributed by atoms with Crippen LogP contribution in [0.25, 0.3) is 0 Å². The van der Waals surface area contributed by atoms with Gasteiger partial charge in [-0.2, -0.15) is 10.1 Å². The number of methoxy groups -OCH3 is 1. The molecule has 0 fully saturated rings. The summed E-state index contributed by atoms with van der Waals surface area (Å²) >= 11 is 0. The third kappa shape index (κ3) is 2.81. The second-order valence-electron chi connectivity index (χ2n) is 4.98. The summed E-state index contributed by atoms with van der Waals surface area (Å²) < 4.78 is 5.26. The van der Waals surface area contributed by atoms with Crippen molar-refractivity contribution >= 4 is 17.3 Å². The highest BCUT2D eigenvalue weighted by atomic mass is 16.5. The van der Waals surface area contributed by atoms with Gasteiger partial charge in [0.1, 0.15) is 11.5 Å². The first-order valence-corrected chi connectivity index (χ1v) is 7.25. The van der Waals surface area contributed by atoms with Gasteiger partial charge >= 0.3 is 0 Å². The zero-order valence-corrected chi connectivity index (χ0v) is 13.0. The molecular weight excluding hydrogens is 290 g/mol. The van der Waals surface area contributed by atoms with Crippen LogP contribution in [0.2, 0.25) is 0 Å². The molecule has 1 heterocycles. The van der Waals surface area contributed by atoms with Crippen molar-refractivity contribution in [2.45, 2.75) is 0 Å². The maximum Gasteiger partial charge on any atom is 0.282 e. The molecule has 5 heteroatoms. The van der Waals surface area contributed by atoms with Crippen LogP contribution in [0.3, 0.4) is 0 Å². The number of carbonyl (C=O) groups is 1. The van der Waals surface area contributed by atoms with Gasteiger partial charge < -0.3 is 10.1 Å². The summed E-state index contributed by atoms with van der Waals surface area (Å²) in [6.45, 7) is 0. The number of rotatable bonds is 4. The van der Waals surface area contributed by atoms with Crippen molar-refractivity contribution in [1.29, 1.82) is 0 Å². The Bertz CT molecular complexity index is 782. The lowest BCUT2D eigenvalue weighted by molar-refractivity contribution is -0.114. The number of para-hydroxylation sites is 1. The number of amides is 1. The zero-order valence-electron chi connectivity index (χ0n) is 13.0. The quantitative estimate of drug-likeness (QED) is 0.883. The van der Waals surface area contributed by atoms with E-state index >= 15 is 0 Å². The van der Waals surface area contributed by atoms with Crippen molar-refractivity contribution in [1.82, 2.24) is 5.32 Å². The number of nitrogens with one attached hydrogen (secondary N) is 1. The predicted molar refractivity (Wildman–Crippen MR) is 90.6 cm³/mol. The molecule has 0 saturated heterocycles. The minimum Gasteiger partial charge on any atom is -0.497 e. The van der Waals surface area contributed by atoms with E-state index in [9.17, 15) is 4.79 Å². The van der Waals surface area contributed by atoms with E-state index in [1.54, 1.807) is 20.4 Å². The summed E-state index contributed by atoms with van der Waals surface area (Å²) in [5.41, 5.74) is 2.70. The van der Waals surface area contributed by atoms with Gasteiger partial charge in [-0.1, -0.05) is 30.3 Å². The number of nitrogens with zero attached hydrogens (tertiary/aromatic N) is 2. The lowest BCUT2D eigenvalue weighted by atomic mass is 10.0. The normalized spacial score (nSPS) is 15.7. The SMILES string of the molecule is CN/C=C1/C(=O)N(c2ccccc2)N=C1c1cccc(OC)c1. The van der Waals surface area contributed by atoms with E-state index in [1.165, 1.54) is 5.01 Å². The van der Waals surface area contributed by atoms with Gasteiger partial charge in [-0.15, -0.1) is 0 Å². The Hall–Kier alpha value is -3.08. The first kappa shape index (κ1) is 14.8. The van der Waals surface area contributed by atoms with Crippen molar-refractivity contribution in [3.05, 3.63) is 71.9 Å². The first-order chi connectivity index (χ1) is 11.2. The third-order valence-electron chi connectivity index (χ3n) is 3.51. The Morgan fingerprint density at radius 1 is 1.13 bits per heavy atom. The molecule has 0 spiro atoms. The summed E-state index contributed by atoms with van der Waals surface area (Å²) in [4.78, 5) is 12.7. The number of hydrogen-bond donors (Lipinski definition) is 1. The summed E-state index contributed by atoms with van der Waals surface area (Å²) in [5, 5.41) is 8.86. The van der Waals surface area contributed by atoms with Crippen LogP contribution in [0.15, 0.2) is 71.5 Å². The smallest absolute Gasteiger partial charge is 0.282 e. The molecular formula is C18H17N3O2. The van der Waals surface area contributed by atoms with Gasteiger partial charge in [0.15, 0.2) is 0 Å². The topological polar surface area (TPSA) is 53.9 Å². The van der Waals surface area contributed by atoms with Crippen LogP contribution in [0.5, 0.6) is 5.75 Å². The van der Waals surface area contributed by atoms with Crippen LogP contribution in [-0.4, -0.2) is 25.8 Å². The molecule has 1 N–H and O–H groups in total. The Labute approximate surface area is 134 Å². The molecule has 0 aromatic heterocycles. The molecule has 1 amide bonds. The lowest BCUT2D eigenvalue weighted by Crippen LogP contribution is -2.22. The Balaban J connectivity index is 2.08. The van der Waals surface area contributed by atoms with Crippen molar-refractivity contribution < 1.29 is 9.53 Å². The number of hydrazone groups is 1. The number of benzene rings is 2. The molecule has 0 saturated carbocycles. The molecule has 1 aliphatic rings. The molecule has 1 aliphatic heterocycles. The second-order valence-corrected chi connectivity index (χ2v) is 4.98. The highest BCUT2D eigenvalue weighted by Crippen LogP contribution is 2.27. The van der Waals surface area contributed by atoms with E-state index in [-0.39, 0.29) is 5.91 Å². The fourth-order valence-corrected chi connectivity index (χ4v) is 2.42. The Morgan fingerprint density at radius 2 is 1.91 bits per heavy atom. The van der Waals surface area contributed by atoms with Gasteiger partial charge in [0, 0.05) is 18.8 Å². The minimum absolute atomic E-state index is 0.164. The summed E-state index contributed by atoms with van der Waals surface area (Å²) in [5.74, 6) is 0.558. The van der Waals surface area contributed by atoms with Gasteiger partial charge in [0.2, 0.25) is 0 Å². The van der Waals surface area contributed by atoms with E-state index in [1.807, 2.05) is 54.6 Å². The van der Waals surface area contributed by atoms with E-state index < -0.39 is 0 Å². The number of hydrogen-bond acceptors (Lipinski definition) is 4. The standard InChI is InChI=1S/C18H17N3O2/c1-19-12-16-17(13-7-6-10-15(11-13)23-2)20-21(18(16)22)14-8-4-3-5-9-14/h3-12,19H,1-2H3/b16-12+. The Morgan fingerprint density at radius 3 is 2.61 bits per heavy atom. The second kappa shape index (κ2) is 6.36. The fraction of sp³-hybridized carbons (Fsp3) is 0.111. The van der Waals surface area contributed by atoms with Crippen LogP contribution in [-0.2, 0) is 4.79 Å². The van der Waals surface area contributed by atoms with Crippen LogP contribution in [0, 0.1) is 0 Å². The first-order valence-electron chi connectivity index (χ1n) is 7.25. The molecule has 0 bridgehead atoms. The monoisotopic (exact) mass is 307 g/mol. The minimum atomic E-state index is -0.164. The van der Waals surface area contributed by atoms with Crippen LogP contribution < -0.4 is 15.1 Å². The number of anilines is 1. The maximum absolute atomic E-state index is 12.7. The van der Waals surface area contributed by atoms with Crippen LogP contribution >= 0.6 is 0 Å². The maximum atomic E-state index is 12.7. The number of ether oxygens (including phenoxy) is 1. The van der Waals surface area contributed by atoms with Crippen molar-refractivity contribution in [2.24, 2.45) is 5.10 Å². The van der Waals surface area contributed by atoms with Crippen molar-refractivity contribution in [2.75, 3.05) is 19.2 Å². The molecule has 0 unspecified atom stereocenters. The van der Waals surface area contributed by atoms with E-state index in [4.69, 9.17) is 4.74 Å². The Kier molecular flexibility index (Phi) is 4.10. The van der Waals surface area contributed by atoms with Crippen LogP contribution in [0.4, 0.5) is 5.69 Å². The van der Waals surface area contributed by atoms with E-state index in [0.29, 0.717) is 11.3 Å². The third-order valence-corrected chi connectivity index (χ3v) is 3.51. The largest absolute Gasteiger partial charge is 0.497 e. The average molecular weight is 307 g/mol. The molecule has 2 aromatic rings. The molecule has 23 heavy (non-hydrogen) atoms. The number of carbonyl (C=O) groups excluding carboxylic acids is 1. The summed E-state index contributed by atoms with van der Waals surface area (Å²) in [6, 6.07) is 16.9. The van der Waals surface area contributed by atoms with Crippen LogP contribution in [0.1, 0.15) is 5.56 Å². The van der Waals surface area contributed by atoms with Gasteiger partial charge in [-0.3, -0.25) is 4.79 Å². The highest BCUT2D eigenvalue weighted by Gasteiger charge is 2.32. The molecule has 5 nitrogen and oxygen atoms in total.